The Labute approximate surface area is 131 Å². The Morgan fingerprint density at radius 3 is 2.68 bits per heavy atom. The second-order valence-corrected chi connectivity index (χ2v) is 5.11. The summed E-state index contributed by atoms with van der Waals surface area (Å²) in [6.07, 6.45) is 5.16. The van der Waals surface area contributed by atoms with Crippen LogP contribution in [0.25, 0.3) is 5.95 Å². The minimum absolute atomic E-state index is 0.348. The Kier molecular flexibility index (Phi) is 3.78. The first-order valence-electron chi connectivity index (χ1n) is 7.58. The lowest BCUT2D eigenvalue weighted by molar-refractivity contribution is 0.300. The van der Waals surface area contributed by atoms with Crippen LogP contribution in [0.5, 0.6) is 5.75 Å². The number of ether oxygens (including phenoxy) is 1. The van der Waals surface area contributed by atoms with Gasteiger partial charge >= 0.3 is 0 Å². The molecule has 0 fully saturated rings. The van der Waals surface area contributed by atoms with E-state index in [0.717, 1.165) is 17.0 Å². The van der Waals surface area contributed by atoms with Crippen LogP contribution in [0.4, 0.5) is 0 Å². The number of rotatable bonds is 5. The molecule has 0 bridgehead atoms. The first kappa shape index (κ1) is 13.0. The van der Waals surface area contributed by atoms with E-state index in [-0.39, 0.29) is 0 Å². The van der Waals surface area contributed by atoms with Crippen LogP contribution in [-0.4, -0.2) is 19.7 Å². The maximum Gasteiger partial charge on any atom is 0.250 e. The molecule has 0 aliphatic heterocycles. The molecular formula is C17H18N4O. The van der Waals surface area contributed by atoms with Crippen LogP contribution in [0.2, 0.25) is 0 Å². The first-order valence-corrected chi connectivity index (χ1v) is 7.08. The molecule has 0 spiro atoms. The predicted molar refractivity (Wildman–Crippen MR) is 84.0 cm³/mol. The molecule has 3 aromatic rings. The molecule has 5 nitrogen and oxygen atoms in total. The van der Waals surface area contributed by atoms with E-state index in [2.05, 4.69) is 15.1 Å². The van der Waals surface area contributed by atoms with Crippen molar-refractivity contribution >= 4 is 0 Å². The van der Waals surface area contributed by atoms with Crippen molar-refractivity contribution in [3.63, 3.8) is 0 Å². The van der Waals surface area contributed by atoms with Crippen molar-refractivity contribution in [3.8, 4) is 11.7 Å². The molecule has 0 aliphatic rings. The SMILES string of the molecule is [2H]C(C)(C)c1ccc(OCc2ccnc(-n3cccn3)n2)cc1. The second-order valence-electron chi connectivity index (χ2n) is 5.11. The average molecular weight is 295 g/mol. The fraction of sp³-hybridized carbons (Fsp3) is 0.235. The third-order valence-electron chi connectivity index (χ3n) is 3.23. The summed E-state index contributed by atoms with van der Waals surface area (Å²) in [5.41, 5.74) is 1.73. The Balaban J connectivity index is 1.68. The van der Waals surface area contributed by atoms with E-state index in [1.54, 1.807) is 23.3 Å². The Hall–Kier alpha value is -2.69. The number of hydrogen-bond acceptors (Lipinski definition) is 4. The predicted octanol–water partition coefficient (Wildman–Crippen LogP) is 3.36. The normalized spacial score (nSPS) is 12.0. The van der Waals surface area contributed by atoms with Crippen molar-refractivity contribution in [3.05, 3.63) is 66.2 Å². The number of nitrogens with zero attached hydrogens (tertiary/aromatic N) is 4. The van der Waals surface area contributed by atoms with Gasteiger partial charge < -0.3 is 4.74 Å². The van der Waals surface area contributed by atoms with Crippen molar-refractivity contribution in [2.24, 2.45) is 0 Å². The molecule has 0 atom stereocenters. The van der Waals surface area contributed by atoms with Crippen LogP contribution in [0, 0.1) is 0 Å². The highest BCUT2D eigenvalue weighted by Gasteiger charge is 2.04. The smallest absolute Gasteiger partial charge is 0.250 e. The van der Waals surface area contributed by atoms with E-state index in [1.165, 1.54) is 0 Å². The molecule has 0 unspecified atom stereocenters. The van der Waals surface area contributed by atoms with Crippen molar-refractivity contribution in [2.75, 3.05) is 0 Å². The molecule has 22 heavy (non-hydrogen) atoms. The van der Waals surface area contributed by atoms with Gasteiger partial charge in [0.1, 0.15) is 12.4 Å². The molecule has 2 aromatic heterocycles. The molecule has 0 aliphatic carbocycles. The molecule has 0 radical (unpaired) electrons. The van der Waals surface area contributed by atoms with Crippen LogP contribution in [0.3, 0.4) is 0 Å². The Bertz CT molecular complexity index is 764. The van der Waals surface area contributed by atoms with E-state index >= 15 is 0 Å². The maximum atomic E-state index is 8.01. The Morgan fingerprint density at radius 2 is 2.00 bits per heavy atom. The average Bonchev–Trinajstić information content (AvgIpc) is 3.07. The quantitative estimate of drug-likeness (QED) is 0.724. The molecule has 112 valence electrons. The highest BCUT2D eigenvalue weighted by atomic mass is 16.5. The van der Waals surface area contributed by atoms with Gasteiger partial charge in [0.15, 0.2) is 0 Å². The molecule has 0 N–H and O–H groups in total. The van der Waals surface area contributed by atoms with E-state index in [4.69, 9.17) is 6.11 Å². The zero-order chi connectivity index (χ0) is 16.3. The van der Waals surface area contributed by atoms with Crippen LogP contribution in [-0.2, 0) is 6.61 Å². The molecule has 0 saturated heterocycles. The van der Waals surface area contributed by atoms with Gasteiger partial charge in [-0.15, -0.1) is 0 Å². The van der Waals surface area contributed by atoms with Gasteiger partial charge in [0.25, 0.3) is 5.95 Å². The summed E-state index contributed by atoms with van der Waals surface area (Å²) in [5.74, 6) is 0.656. The second kappa shape index (κ2) is 6.39. The van der Waals surface area contributed by atoms with E-state index < -0.39 is 5.89 Å². The zero-order valence-electron chi connectivity index (χ0n) is 13.6. The minimum Gasteiger partial charge on any atom is -0.487 e. The summed E-state index contributed by atoms with van der Waals surface area (Å²) in [6, 6.07) is 11.2. The standard InChI is InChI=1S/C17H18N4O/c1-13(2)14-4-6-16(7-5-14)22-12-15-8-10-18-17(20-15)21-11-3-9-19-21/h3-11,13H,12H2,1-2H3/i13D. The highest BCUT2D eigenvalue weighted by Crippen LogP contribution is 2.19. The summed E-state index contributed by atoms with van der Waals surface area (Å²) < 4.78 is 15.4. The van der Waals surface area contributed by atoms with Gasteiger partial charge in [-0.3, -0.25) is 0 Å². The van der Waals surface area contributed by atoms with Crippen LogP contribution >= 0.6 is 0 Å². The summed E-state index contributed by atoms with van der Waals surface area (Å²) in [6.45, 7) is 4.07. The number of aromatic nitrogens is 4. The van der Waals surface area contributed by atoms with Crippen molar-refractivity contribution in [1.29, 1.82) is 0 Å². The van der Waals surface area contributed by atoms with E-state index in [0.29, 0.717) is 12.6 Å². The van der Waals surface area contributed by atoms with Crippen LogP contribution in [0.15, 0.2) is 55.0 Å². The van der Waals surface area contributed by atoms with Gasteiger partial charge in [0.2, 0.25) is 0 Å². The van der Waals surface area contributed by atoms with Crippen molar-refractivity contribution in [2.45, 2.75) is 26.3 Å². The lowest BCUT2D eigenvalue weighted by atomic mass is 10.0. The summed E-state index contributed by atoms with van der Waals surface area (Å²) >= 11 is 0. The van der Waals surface area contributed by atoms with E-state index in [9.17, 15) is 0 Å². The Morgan fingerprint density at radius 1 is 1.18 bits per heavy atom. The maximum absolute atomic E-state index is 8.01. The van der Waals surface area contributed by atoms with E-state index in [1.807, 2.05) is 50.2 Å². The van der Waals surface area contributed by atoms with Crippen molar-refractivity contribution < 1.29 is 6.11 Å². The topological polar surface area (TPSA) is 52.8 Å². The summed E-state index contributed by atoms with van der Waals surface area (Å²) in [4.78, 5) is 8.61. The first-order chi connectivity index (χ1) is 11.0. The monoisotopic (exact) mass is 295 g/mol. The molecule has 5 heteroatoms. The van der Waals surface area contributed by atoms with Gasteiger partial charge in [-0.2, -0.15) is 5.10 Å². The zero-order valence-corrected chi connectivity index (χ0v) is 12.6. The largest absolute Gasteiger partial charge is 0.487 e. The number of benzene rings is 1. The molecule has 3 rings (SSSR count). The third-order valence-corrected chi connectivity index (χ3v) is 3.23. The van der Waals surface area contributed by atoms with Gasteiger partial charge in [-0.05, 0) is 35.7 Å². The lowest BCUT2D eigenvalue weighted by Gasteiger charge is -2.09. The highest BCUT2D eigenvalue weighted by molar-refractivity contribution is 5.29. The summed E-state index contributed by atoms with van der Waals surface area (Å²) in [5, 5.41) is 4.11. The molecular weight excluding hydrogens is 276 g/mol. The van der Waals surface area contributed by atoms with Crippen LogP contribution in [0.1, 0.15) is 32.4 Å². The van der Waals surface area contributed by atoms with Gasteiger partial charge in [0, 0.05) is 20.0 Å². The molecule has 1 aromatic carbocycles. The summed E-state index contributed by atoms with van der Waals surface area (Å²) in [7, 11) is 0. The number of hydrogen-bond donors (Lipinski definition) is 0. The third kappa shape index (κ3) is 3.31. The van der Waals surface area contributed by atoms with Gasteiger partial charge in [-0.1, -0.05) is 26.0 Å². The van der Waals surface area contributed by atoms with Crippen molar-refractivity contribution in [1.82, 2.24) is 19.7 Å². The van der Waals surface area contributed by atoms with Gasteiger partial charge in [0.05, 0.1) is 5.69 Å². The molecule has 2 heterocycles. The fourth-order valence-electron chi connectivity index (χ4n) is 2.00. The molecule has 0 saturated carbocycles. The molecule has 0 amide bonds. The minimum atomic E-state index is -0.607. The van der Waals surface area contributed by atoms with Gasteiger partial charge in [-0.25, -0.2) is 14.6 Å². The fourth-order valence-corrected chi connectivity index (χ4v) is 2.00. The lowest BCUT2D eigenvalue weighted by Crippen LogP contribution is -2.05. The van der Waals surface area contributed by atoms with Crippen LogP contribution < -0.4 is 4.74 Å².